The monoisotopic (exact) mass is 352 g/mol. The molecule has 1 fully saturated rings. The Balaban J connectivity index is 1.40. The predicted molar refractivity (Wildman–Crippen MR) is 96.6 cm³/mol. The molecule has 6 heteroatoms. The van der Waals surface area contributed by atoms with Crippen LogP contribution in [0.15, 0.2) is 24.4 Å². The number of nitrogens with zero attached hydrogens (tertiary/aromatic N) is 3. The molecule has 0 aromatic carbocycles. The van der Waals surface area contributed by atoms with Gasteiger partial charge in [0.2, 0.25) is 0 Å². The van der Waals surface area contributed by atoms with Gasteiger partial charge in [-0.2, -0.15) is 5.26 Å². The molecular weight excluding hydrogens is 332 g/mol. The van der Waals surface area contributed by atoms with Crippen molar-refractivity contribution in [1.82, 2.24) is 15.2 Å². The SMILES string of the molecule is N#Cc1ccc(C2CCN(C(=O)c3cc4c(s3)CCNC4)CC2)nc1. The van der Waals surface area contributed by atoms with E-state index in [2.05, 4.69) is 22.4 Å². The molecule has 0 spiro atoms. The van der Waals surface area contributed by atoms with Gasteiger partial charge in [-0.3, -0.25) is 9.78 Å². The van der Waals surface area contributed by atoms with Gasteiger partial charge in [-0.1, -0.05) is 0 Å². The highest BCUT2D eigenvalue weighted by Gasteiger charge is 2.27. The molecule has 5 nitrogen and oxygen atoms in total. The maximum Gasteiger partial charge on any atom is 0.263 e. The molecule has 1 amide bonds. The average Bonchev–Trinajstić information content (AvgIpc) is 3.12. The van der Waals surface area contributed by atoms with Crippen LogP contribution in [0.3, 0.4) is 0 Å². The third kappa shape index (κ3) is 3.30. The van der Waals surface area contributed by atoms with E-state index in [1.165, 1.54) is 10.4 Å². The fraction of sp³-hybridized carbons (Fsp3) is 0.421. The zero-order valence-corrected chi connectivity index (χ0v) is 14.8. The van der Waals surface area contributed by atoms with Gasteiger partial charge < -0.3 is 10.2 Å². The number of hydrogen-bond donors (Lipinski definition) is 1. The third-order valence-electron chi connectivity index (χ3n) is 5.07. The van der Waals surface area contributed by atoms with E-state index in [4.69, 9.17) is 5.26 Å². The summed E-state index contributed by atoms with van der Waals surface area (Å²) in [7, 11) is 0. The molecule has 1 saturated heterocycles. The van der Waals surface area contributed by atoms with E-state index in [1.807, 2.05) is 17.0 Å². The number of amides is 1. The Morgan fingerprint density at radius 3 is 2.88 bits per heavy atom. The number of rotatable bonds is 2. The van der Waals surface area contributed by atoms with Crippen LogP contribution >= 0.6 is 11.3 Å². The van der Waals surface area contributed by atoms with Crippen LogP contribution in [0, 0.1) is 11.3 Å². The Bertz CT molecular complexity index is 789. The number of carbonyl (C=O) groups excluding carboxylic acids is 1. The lowest BCUT2D eigenvalue weighted by molar-refractivity contribution is 0.0717. The van der Waals surface area contributed by atoms with E-state index in [1.54, 1.807) is 17.5 Å². The number of fused-ring (bicyclic) bond motifs is 1. The van der Waals surface area contributed by atoms with E-state index in [9.17, 15) is 4.79 Å². The van der Waals surface area contributed by atoms with Gasteiger partial charge in [-0.05, 0) is 43.0 Å². The second-order valence-electron chi connectivity index (χ2n) is 6.64. The Morgan fingerprint density at radius 2 is 2.20 bits per heavy atom. The zero-order valence-electron chi connectivity index (χ0n) is 14.0. The lowest BCUT2D eigenvalue weighted by Crippen LogP contribution is -2.37. The maximum absolute atomic E-state index is 12.8. The van der Waals surface area contributed by atoms with Crippen LogP contribution in [0.25, 0.3) is 0 Å². The molecule has 0 unspecified atom stereocenters. The van der Waals surface area contributed by atoms with Gasteiger partial charge in [0, 0.05) is 48.9 Å². The summed E-state index contributed by atoms with van der Waals surface area (Å²) >= 11 is 1.66. The van der Waals surface area contributed by atoms with Gasteiger partial charge in [0.15, 0.2) is 0 Å². The van der Waals surface area contributed by atoms with Crippen molar-refractivity contribution < 1.29 is 4.79 Å². The van der Waals surface area contributed by atoms with Gasteiger partial charge in [0.1, 0.15) is 6.07 Å². The van der Waals surface area contributed by atoms with Gasteiger partial charge in [-0.15, -0.1) is 11.3 Å². The summed E-state index contributed by atoms with van der Waals surface area (Å²) in [5.41, 5.74) is 2.91. The summed E-state index contributed by atoms with van der Waals surface area (Å²) in [5, 5.41) is 12.2. The van der Waals surface area contributed by atoms with E-state index in [0.717, 1.165) is 56.0 Å². The van der Waals surface area contributed by atoms with Crippen molar-refractivity contribution in [2.45, 2.75) is 31.7 Å². The first-order valence-electron chi connectivity index (χ1n) is 8.72. The fourth-order valence-corrected chi connectivity index (χ4v) is 4.75. The molecule has 0 atom stereocenters. The second kappa shape index (κ2) is 6.95. The molecule has 128 valence electrons. The molecule has 2 aliphatic rings. The van der Waals surface area contributed by atoms with Crippen molar-refractivity contribution in [3.63, 3.8) is 0 Å². The van der Waals surface area contributed by atoms with Crippen molar-refractivity contribution in [3.8, 4) is 6.07 Å². The first-order valence-corrected chi connectivity index (χ1v) is 9.54. The van der Waals surface area contributed by atoms with Crippen LogP contribution in [0.2, 0.25) is 0 Å². The molecule has 1 N–H and O–H groups in total. The lowest BCUT2D eigenvalue weighted by atomic mass is 9.92. The summed E-state index contributed by atoms with van der Waals surface area (Å²) in [6.45, 7) is 3.42. The topological polar surface area (TPSA) is 69.0 Å². The largest absolute Gasteiger partial charge is 0.338 e. The Labute approximate surface area is 151 Å². The van der Waals surface area contributed by atoms with Crippen LogP contribution in [-0.2, 0) is 13.0 Å². The molecular formula is C19H20N4OS. The van der Waals surface area contributed by atoms with Crippen LogP contribution < -0.4 is 5.32 Å². The number of nitrogens with one attached hydrogen (secondary N) is 1. The minimum Gasteiger partial charge on any atom is -0.338 e. The standard InChI is InChI=1S/C19H20N4OS/c20-10-13-1-2-16(22-11-13)14-4-7-23(8-5-14)19(24)18-9-15-12-21-6-3-17(15)25-18/h1-2,9,11,14,21H,3-8,12H2. The average molecular weight is 352 g/mol. The van der Waals surface area contributed by atoms with Gasteiger partial charge >= 0.3 is 0 Å². The molecule has 25 heavy (non-hydrogen) atoms. The van der Waals surface area contributed by atoms with Crippen molar-refractivity contribution in [2.75, 3.05) is 19.6 Å². The van der Waals surface area contributed by atoms with Crippen molar-refractivity contribution in [3.05, 3.63) is 51.0 Å². The number of hydrogen-bond acceptors (Lipinski definition) is 5. The molecule has 2 aromatic rings. The molecule has 2 aromatic heterocycles. The maximum atomic E-state index is 12.8. The molecule has 4 rings (SSSR count). The number of carbonyl (C=O) groups is 1. The number of aromatic nitrogens is 1. The van der Waals surface area contributed by atoms with E-state index in [-0.39, 0.29) is 5.91 Å². The zero-order chi connectivity index (χ0) is 17.2. The first-order chi connectivity index (χ1) is 12.2. The molecule has 4 heterocycles. The third-order valence-corrected chi connectivity index (χ3v) is 6.29. The summed E-state index contributed by atoms with van der Waals surface area (Å²) in [5.74, 6) is 0.545. The van der Waals surface area contributed by atoms with E-state index >= 15 is 0 Å². The predicted octanol–water partition coefficient (Wildman–Crippen LogP) is 2.68. The highest BCUT2D eigenvalue weighted by molar-refractivity contribution is 7.14. The number of pyridine rings is 1. The van der Waals surface area contributed by atoms with Crippen molar-refractivity contribution >= 4 is 17.2 Å². The Hall–Kier alpha value is -2.23. The van der Waals surface area contributed by atoms with Crippen molar-refractivity contribution in [2.24, 2.45) is 0 Å². The number of thiophene rings is 1. The number of nitriles is 1. The second-order valence-corrected chi connectivity index (χ2v) is 7.77. The van der Waals surface area contributed by atoms with Gasteiger partial charge in [0.25, 0.3) is 5.91 Å². The molecule has 0 saturated carbocycles. The Kier molecular flexibility index (Phi) is 4.51. The summed E-state index contributed by atoms with van der Waals surface area (Å²) < 4.78 is 0. The molecule has 2 aliphatic heterocycles. The number of piperidine rings is 1. The van der Waals surface area contributed by atoms with Crippen LogP contribution in [0.5, 0.6) is 0 Å². The van der Waals surface area contributed by atoms with E-state index in [0.29, 0.717) is 11.5 Å². The molecule has 0 bridgehead atoms. The summed E-state index contributed by atoms with van der Waals surface area (Å²) in [6, 6.07) is 7.94. The smallest absolute Gasteiger partial charge is 0.263 e. The van der Waals surface area contributed by atoms with Crippen molar-refractivity contribution in [1.29, 1.82) is 5.26 Å². The Morgan fingerprint density at radius 1 is 1.36 bits per heavy atom. The summed E-state index contributed by atoms with van der Waals surface area (Å²) in [6.07, 6.45) is 4.52. The van der Waals surface area contributed by atoms with Crippen LogP contribution in [0.4, 0.5) is 0 Å². The highest BCUT2D eigenvalue weighted by Crippen LogP contribution is 2.30. The molecule has 0 aliphatic carbocycles. The fourth-order valence-electron chi connectivity index (χ4n) is 3.61. The minimum atomic E-state index is 0.172. The molecule has 0 radical (unpaired) electrons. The first kappa shape index (κ1) is 16.2. The van der Waals surface area contributed by atoms with Gasteiger partial charge in [0.05, 0.1) is 10.4 Å². The normalized spacial score (nSPS) is 17.8. The van der Waals surface area contributed by atoms with E-state index < -0.39 is 0 Å². The highest BCUT2D eigenvalue weighted by atomic mass is 32.1. The number of likely N-dealkylation sites (tertiary alicyclic amines) is 1. The minimum absolute atomic E-state index is 0.172. The van der Waals surface area contributed by atoms with Crippen LogP contribution in [0.1, 0.15) is 50.1 Å². The quantitative estimate of drug-likeness (QED) is 0.902. The van der Waals surface area contributed by atoms with Gasteiger partial charge in [-0.25, -0.2) is 0 Å². The lowest BCUT2D eigenvalue weighted by Gasteiger charge is -2.31. The van der Waals surface area contributed by atoms with Crippen LogP contribution in [-0.4, -0.2) is 35.4 Å². The summed E-state index contributed by atoms with van der Waals surface area (Å²) in [4.78, 5) is 21.4.